The number of nitrogens with zero attached hydrogens (tertiary/aromatic N) is 1. The number of anilines is 3. The van der Waals surface area contributed by atoms with Gasteiger partial charge < -0.3 is 4.90 Å². The summed E-state index contributed by atoms with van der Waals surface area (Å²) in [5, 5.41) is 0. The molecule has 53 heavy (non-hydrogen) atoms. The highest BCUT2D eigenvalue weighted by atomic mass is 15.1. The first-order chi connectivity index (χ1) is 26.0. The Hall–Kier alpha value is -6.44. The van der Waals surface area contributed by atoms with E-state index in [0.717, 1.165) is 17.1 Å². The van der Waals surface area contributed by atoms with Crippen LogP contribution >= 0.6 is 0 Å². The Morgan fingerprint density at radius 1 is 0.358 bits per heavy atom. The first kappa shape index (κ1) is 32.5. The molecule has 254 valence electrons. The van der Waals surface area contributed by atoms with E-state index in [9.17, 15) is 0 Å². The third-order valence-corrected chi connectivity index (χ3v) is 11.0. The number of aryl methyl sites for hydroxylation is 1. The minimum absolute atomic E-state index is 0.0956. The molecule has 0 bridgehead atoms. The van der Waals surface area contributed by atoms with Crippen molar-refractivity contribution in [2.75, 3.05) is 4.90 Å². The van der Waals surface area contributed by atoms with Crippen molar-refractivity contribution in [3.8, 4) is 55.6 Å². The fraction of sp³-hybridized carbons (Fsp3) is 0.0769. The van der Waals surface area contributed by atoms with Crippen molar-refractivity contribution in [1.82, 2.24) is 0 Å². The number of hydrogen-bond acceptors (Lipinski definition) is 1. The number of hydrogen-bond donors (Lipinski definition) is 0. The third kappa shape index (κ3) is 5.76. The lowest BCUT2D eigenvalue weighted by molar-refractivity contribution is 0.660. The van der Waals surface area contributed by atoms with Gasteiger partial charge in [0.15, 0.2) is 0 Å². The van der Waals surface area contributed by atoms with Gasteiger partial charge in [-0.15, -0.1) is 0 Å². The van der Waals surface area contributed by atoms with Crippen LogP contribution in [0, 0.1) is 6.92 Å². The quantitative estimate of drug-likeness (QED) is 0.162. The maximum absolute atomic E-state index is 2.43. The zero-order valence-corrected chi connectivity index (χ0v) is 30.4. The van der Waals surface area contributed by atoms with E-state index >= 15 is 0 Å². The van der Waals surface area contributed by atoms with Crippen molar-refractivity contribution >= 4 is 17.1 Å². The number of rotatable bonds is 7. The average Bonchev–Trinajstić information content (AvgIpc) is 3.46. The SMILES string of the molecule is Cc1ccc(N(c2ccc(-c3ccccc3-c3ccccc3)cc2)c2ccc(-c3ccccc3)cc2-c2cccc3c2-c2ccccc2C3(C)C)cc1. The van der Waals surface area contributed by atoms with Crippen LogP contribution in [0.5, 0.6) is 0 Å². The van der Waals surface area contributed by atoms with Crippen LogP contribution in [0.3, 0.4) is 0 Å². The zero-order valence-electron chi connectivity index (χ0n) is 30.4. The van der Waals surface area contributed by atoms with Crippen LogP contribution < -0.4 is 4.90 Å². The van der Waals surface area contributed by atoms with E-state index < -0.39 is 0 Å². The highest BCUT2D eigenvalue weighted by Crippen LogP contribution is 2.54. The van der Waals surface area contributed by atoms with Gasteiger partial charge in [0.1, 0.15) is 0 Å². The third-order valence-electron chi connectivity index (χ3n) is 11.0. The fourth-order valence-electron chi connectivity index (χ4n) is 8.25. The molecule has 0 atom stereocenters. The molecule has 0 saturated carbocycles. The normalized spacial score (nSPS) is 12.6. The van der Waals surface area contributed by atoms with Crippen LogP contribution in [0.4, 0.5) is 17.1 Å². The highest BCUT2D eigenvalue weighted by Gasteiger charge is 2.37. The lowest BCUT2D eigenvalue weighted by Crippen LogP contribution is -2.15. The number of benzene rings is 8. The van der Waals surface area contributed by atoms with Gasteiger partial charge in [0.05, 0.1) is 5.69 Å². The average molecular weight is 680 g/mol. The predicted octanol–water partition coefficient (Wildman–Crippen LogP) is 14.4. The van der Waals surface area contributed by atoms with Gasteiger partial charge in [0, 0.05) is 22.4 Å². The van der Waals surface area contributed by atoms with Gasteiger partial charge in [0.2, 0.25) is 0 Å². The summed E-state index contributed by atoms with van der Waals surface area (Å²) in [6.45, 7) is 6.87. The van der Waals surface area contributed by atoms with Gasteiger partial charge in [-0.3, -0.25) is 0 Å². The smallest absolute Gasteiger partial charge is 0.0540 e. The molecule has 0 aromatic heterocycles. The van der Waals surface area contributed by atoms with Crippen molar-refractivity contribution < 1.29 is 0 Å². The molecule has 0 amide bonds. The zero-order chi connectivity index (χ0) is 35.9. The van der Waals surface area contributed by atoms with Gasteiger partial charge >= 0.3 is 0 Å². The Bertz CT molecular complexity index is 2560. The summed E-state index contributed by atoms with van der Waals surface area (Å²) in [4.78, 5) is 2.43. The first-order valence-electron chi connectivity index (χ1n) is 18.5. The van der Waals surface area contributed by atoms with Gasteiger partial charge in [0.25, 0.3) is 0 Å². The van der Waals surface area contributed by atoms with Gasteiger partial charge in [-0.05, 0) is 105 Å². The maximum Gasteiger partial charge on any atom is 0.0540 e. The molecule has 1 aliphatic rings. The molecule has 0 fully saturated rings. The Morgan fingerprint density at radius 3 is 1.51 bits per heavy atom. The van der Waals surface area contributed by atoms with Crippen molar-refractivity contribution in [2.45, 2.75) is 26.2 Å². The van der Waals surface area contributed by atoms with E-state index in [1.165, 1.54) is 72.3 Å². The molecule has 0 spiro atoms. The summed E-state index contributed by atoms with van der Waals surface area (Å²) < 4.78 is 0. The Morgan fingerprint density at radius 2 is 0.849 bits per heavy atom. The second-order valence-electron chi connectivity index (χ2n) is 14.6. The minimum Gasteiger partial charge on any atom is -0.310 e. The predicted molar refractivity (Wildman–Crippen MR) is 225 cm³/mol. The summed E-state index contributed by atoms with van der Waals surface area (Å²) in [5.41, 5.74) is 19.6. The van der Waals surface area contributed by atoms with Crippen molar-refractivity contribution in [1.29, 1.82) is 0 Å². The maximum atomic E-state index is 2.43. The summed E-state index contributed by atoms with van der Waals surface area (Å²) in [5.74, 6) is 0. The summed E-state index contributed by atoms with van der Waals surface area (Å²) >= 11 is 0. The van der Waals surface area contributed by atoms with Crippen molar-refractivity contribution in [2.24, 2.45) is 0 Å². The largest absolute Gasteiger partial charge is 0.310 e. The van der Waals surface area contributed by atoms with Crippen LogP contribution in [0.2, 0.25) is 0 Å². The molecule has 0 N–H and O–H groups in total. The van der Waals surface area contributed by atoms with Crippen LogP contribution in [0.25, 0.3) is 55.6 Å². The van der Waals surface area contributed by atoms with Gasteiger partial charge in [-0.1, -0.05) is 177 Å². The first-order valence-corrected chi connectivity index (χ1v) is 18.5. The minimum atomic E-state index is -0.0956. The molecule has 0 unspecified atom stereocenters. The van der Waals surface area contributed by atoms with E-state index in [1.807, 2.05) is 0 Å². The Labute approximate surface area is 313 Å². The van der Waals surface area contributed by atoms with Crippen molar-refractivity contribution in [3.05, 3.63) is 211 Å². The van der Waals surface area contributed by atoms with Crippen LogP contribution in [-0.2, 0) is 5.41 Å². The molecule has 0 aliphatic heterocycles. The highest BCUT2D eigenvalue weighted by molar-refractivity contribution is 5.99. The molecule has 8 aromatic rings. The molecular formula is C52H41N. The summed E-state index contributed by atoms with van der Waals surface area (Å²) in [6, 6.07) is 71.0. The molecule has 0 saturated heterocycles. The monoisotopic (exact) mass is 679 g/mol. The van der Waals surface area contributed by atoms with E-state index in [1.54, 1.807) is 0 Å². The van der Waals surface area contributed by atoms with E-state index in [4.69, 9.17) is 0 Å². The number of fused-ring (bicyclic) bond motifs is 3. The second-order valence-corrected chi connectivity index (χ2v) is 14.6. The van der Waals surface area contributed by atoms with Gasteiger partial charge in [-0.2, -0.15) is 0 Å². The van der Waals surface area contributed by atoms with Crippen LogP contribution in [0.15, 0.2) is 194 Å². The molecule has 1 heteroatoms. The molecule has 9 rings (SSSR count). The van der Waals surface area contributed by atoms with Crippen LogP contribution in [0.1, 0.15) is 30.5 Å². The molecule has 1 aliphatic carbocycles. The Kier molecular flexibility index (Phi) is 8.13. The van der Waals surface area contributed by atoms with E-state index in [-0.39, 0.29) is 5.41 Å². The lowest BCUT2D eigenvalue weighted by Gasteiger charge is -2.29. The van der Waals surface area contributed by atoms with Gasteiger partial charge in [-0.25, -0.2) is 0 Å². The second kappa shape index (κ2) is 13.3. The lowest BCUT2D eigenvalue weighted by atomic mass is 9.82. The fourth-order valence-corrected chi connectivity index (χ4v) is 8.25. The van der Waals surface area contributed by atoms with Crippen molar-refractivity contribution in [3.63, 3.8) is 0 Å². The van der Waals surface area contributed by atoms with Crippen LogP contribution in [-0.4, -0.2) is 0 Å². The molecule has 0 radical (unpaired) electrons. The molecule has 1 nitrogen and oxygen atoms in total. The summed E-state index contributed by atoms with van der Waals surface area (Å²) in [6.07, 6.45) is 0. The van der Waals surface area contributed by atoms with E-state index in [0.29, 0.717) is 0 Å². The topological polar surface area (TPSA) is 3.24 Å². The standard InChI is InChI=1S/C52H41N/c1-36-25-30-41(31-26-36)53(42-32-27-39(28-33-42)44-20-11-10-19-43(44)38-17-8-5-9-18-38)50-34-29-40(37-15-6-4-7-16-37)35-47(50)45-22-14-24-49-51(45)46-21-12-13-23-48(46)52(49,2)3/h4-35H,1-3H3. The van der Waals surface area contributed by atoms with E-state index in [2.05, 4.69) is 220 Å². The Balaban J connectivity index is 1.26. The molecular weight excluding hydrogens is 639 g/mol. The molecule has 0 heterocycles. The summed E-state index contributed by atoms with van der Waals surface area (Å²) in [7, 11) is 0. The molecule has 8 aromatic carbocycles.